The summed E-state index contributed by atoms with van der Waals surface area (Å²) in [6, 6.07) is 17.8. The molecule has 0 unspecified atom stereocenters. The van der Waals surface area contributed by atoms with Crippen LogP contribution in [0.2, 0.25) is 0 Å². The fourth-order valence-electron chi connectivity index (χ4n) is 2.05. The number of hydrogen-bond donors (Lipinski definition) is 2. The van der Waals surface area contributed by atoms with Crippen molar-refractivity contribution in [1.82, 2.24) is 9.97 Å². The van der Waals surface area contributed by atoms with E-state index in [1.807, 2.05) is 30.3 Å². The number of hydrogen-bond acceptors (Lipinski definition) is 5. The van der Waals surface area contributed by atoms with Crippen molar-refractivity contribution >= 4 is 39.0 Å². The van der Waals surface area contributed by atoms with Crippen LogP contribution in [-0.4, -0.2) is 15.9 Å². The van der Waals surface area contributed by atoms with E-state index in [0.717, 1.165) is 10.2 Å². The van der Waals surface area contributed by atoms with Gasteiger partial charge in [0.05, 0.1) is 11.6 Å². The Morgan fingerprint density at radius 3 is 2.36 bits per heavy atom. The molecule has 1 aromatic heterocycles. The Morgan fingerprint density at radius 2 is 1.68 bits per heavy atom. The lowest BCUT2D eigenvalue weighted by atomic mass is 10.2. The van der Waals surface area contributed by atoms with Crippen LogP contribution in [0.5, 0.6) is 0 Å². The van der Waals surface area contributed by atoms with Crippen molar-refractivity contribution in [3.63, 3.8) is 0 Å². The molecule has 3 aromatic rings. The summed E-state index contributed by atoms with van der Waals surface area (Å²) in [4.78, 5) is 20.4. The highest BCUT2D eigenvalue weighted by Gasteiger charge is 2.09. The highest BCUT2D eigenvalue weighted by molar-refractivity contribution is 9.10. The van der Waals surface area contributed by atoms with Gasteiger partial charge < -0.3 is 10.6 Å². The Hall–Kier alpha value is -3.24. The number of halogens is 1. The molecular weight excluding hydrogens is 382 g/mol. The van der Waals surface area contributed by atoms with Crippen LogP contribution in [-0.2, 0) is 0 Å². The maximum absolute atomic E-state index is 12.3. The quantitative estimate of drug-likeness (QED) is 0.695. The second-order valence-corrected chi connectivity index (χ2v) is 5.98. The number of rotatable bonds is 4. The molecule has 0 atom stereocenters. The lowest BCUT2D eigenvalue weighted by molar-refractivity contribution is 0.102. The van der Waals surface area contributed by atoms with Gasteiger partial charge in [0.25, 0.3) is 5.91 Å². The van der Waals surface area contributed by atoms with E-state index in [0.29, 0.717) is 17.1 Å². The summed E-state index contributed by atoms with van der Waals surface area (Å²) < 4.78 is 0.975. The van der Waals surface area contributed by atoms with Crippen LogP contribution in [0.1, 0.15) is 16.1 Å². The van der Waals surface area contributed by atoms with Crippen LogP contribution in [0.15, 0.2) is 65.4 Å². The van der Waals surface area contributed by atoms with Crippen LogP contribution in [0.3, 0.4) is 0 Å². The van der Waals surface area contributed by atoms with Crippen LogP contribution < -0.4 is 10.6 Å². The van der Waals surface area contributed by atoms with Crippen LogP contribution in [0, 0.1) is 11.3 Å². The molecule has 3 rings (SSSR count). The third-order valence-electron chi connectivity index (χ3n) is 3.29. The van der Waals surface area contributed by atoms with E-state index in [-0.39, 0.29) is 11.6 Å². The van der Waals surface area contributed by atoms with E-state index in [1.54, 1.807) is 30.3 Å². The van der Waals surface area contributed by atoms with E-state index >= 15 is 0 Å². The maximum Gasteiger partial charge on any atom is 0.274 e. The lowest BCUT2D eigenvalue weighted by Gasteiger charge is -2.08. The fourth-order valence-corrected chi connectivity index (χ4v) is 2.32. The van der Waals surface area contributed by atoms with E-state index in [2.05, 4.69) is 36.5 Å². The summed E-state index contributed by atoms with van der Waals surface area (Å²) in [5, 5.41) is 14.6. The first-order valence-electron chi connectivity index (χ1n) is 7.30. The number of nitrogens with one attached hydrogen (secondary N) is 2. The van der Waals surface area contributed by atoms with Gasteiger partial charge in [0.2, 0.25) is 0 Å². The van der Waals surface area contributed by atoms with Crippen LogP contribution in [0.25, 0.3) is 0 Å². The summed E-state index contributed by atoms with van der Waals surface area (Å²) in [6.07, 6.45) is 1.33. The molecule has 0 aliphatic rings. The van der Waals surface area contributed by atoms with Gasteiger partial charge in [-0.05, 0) is 48.5 Å². The zero-order chi connectivity index (χ0) is 17.6. The number of aromatic nitrogens is 2. The minimum absolute atomic E-state index is 0.235. The first kappa shape index (κ1) is 16.6. The molecule has 2 N–H and O–H groups in total. The van der Waals surface area contributed by atoms with E-state index in [1.165, 1.54) is 6.33 Å². The topological polar surface area (TPSA) is 90.7 Å². The molecule has 0 bridgehead atoms. The minimum atomic E-state index is -0.356. The first-order chi connectivity index (χ1) is 12.1. The number of amides is 1. The predicted octanol–water partition coefficient (Wildman–Crippen LogP) is 4.11. The van der Waals surface area contributed by atoms with Crippen molar-refractivity contribution in [1.29, 1.82) is 5.26 Å². The second kappa shape index (κ2) is 7.55. The van der Waals surface area contributed by atoms with Gasteiger partial charge in [0, 0.05) is 21.9 Å². The molecule has 0 fully saturated rings. The minimum Gasteiger partial charge on any atom is -0.340 e. The second-order valence-electron chi connectivity index (χ2n) is 5.06. The Balaban J connectivity index is 1.72. The average Bonchev–Trinajstić information content (AvgIpc) is 2.64. The Bertz CT molecular complexity index is 933. The van der Waals surface area contributed by atoms with E-state index in [4.69, 9.17) is 5.26 Å². The molecule has 122 valence electrons. The lowest BCUT2D eigenvalue weighted by Crippen LogP contribution is -2.14. The normalized spacial score (nSPS) is 9.92. The monoisotopic (exact) mass is 393 g/mol. The van der Waals surface area contributed by atoms with E-state index < -0.39 is 0 Å². The van der Waals surface area contributed by atoms with Gasteiger partial charge in [-0.3, -0.25) is 4.79 Å². The Labute approximate surface area is 152 Å². The fraction of sp³-hybridized carbons (Fsp3) is 0. The van der Waals surface area contributed by atoms with Crippen LogP contribution in [0.4, 0.5) is 17.2 Å². The standard InChI is InChI=1S/C18H12BrN5O/c19-13-3-7-14(8-4-13)23-17-9-16(21-11-22-17)18(25)24-15-5-1-12(10-20)2-6-15/h1-9,11H,(H,24,25)(H,21,22,23). The average molecular weight is 394 g/mol. The van der Waals surface area contributed by atoms with Crippen molar-refractivity contribution in [2.45, 2.75) is 0 Å². The first-order valence-corrected chi connectivity index (χ1v) is 8.09. The molecule has 0 aliphatic carbocycles. The highest BCUT2D eigenvalue weighted by atomic mass is 79.9. The van der Waals surface area contributed by atoms with Crippen molar-refractivity contribution in [2.75, 3.05) is 10.6 Å². The molecule has 6 nitrogen and oxygen atoms in total. The molecule has 2 aromatic carbocycles. The highest BCUT2D eigenvalue weighted by Crippen LogP contribution is 2.18. The molecule has 0 radical (unpaired) electrons. The number of carbonyl (C=O) groups is 1. The molecule has 7 heteroatoms. The molecule has 0 saturated heterocycles. The van der Waals surface area contributed by atoms with Crippen molar-refractivity contribution < 1.29 is 4.79 Å². The number of nitrogens with zero attached hydrogens (tertiary/aromatic N) is 3. The SMILES string of the molecule is N#Cc1ccc(NC(=O)c2cc(Nc3ccc(Br)cc3)ncn2)cc1. The summed E-state index contributed by atoms with van der Waals surface area (Å²) in [7, 11) is 0. The van der Waals surface area contributed by atoms with Crippen molar-refractivity contribution in [3.8, 4) is 6.07 Å². The van der Waals surface area contributed by atoms with Gasteiger partial charge in [-0.15, -0.1) is 0 Å². The van der Waals surface area contributed by atoms with E-state index in [9.17, 15) is 4.79 Å². The largest absolute Gasteiger partial charge is 0.340 e. The van der Waals surface area contributed by atoms with Gasteiger partial charge >= 0.3 is 0 Å². The summed E-state index contributed by atoms with van der Waals surface area (Å²) >= 11 is 3.38. The third-order valence-corrected chi connectivity index (χ3v) is 3.82. The molecule has 0 aliphatic heterocycles. The van der Waals surface area contributed by atoms with Crippen molar-refractivity contribution in [3.05, 3.63) is 76.7 Å². The van der Waals surface area contributed by atoms with Gasteiger partial charge in [-0.25, -0.2) is 9.97 Å². The number of nitriles is 1. The molecule has 0 spiro atoms. The van der Waals surface area contributed by atoms with Crippen molar-refractivity contribution in [2.24, 2.45) is 0 Å². The van der Waals surface area contributed by atoms with Gasteiger partial charge in [0.1, 0.15) is 17.8 Å². The predicted molar refractivity (Wildman–Crippen MR) is 98.6 cm³/mol. The van der Waals surface area contributed by atoms with Gasteiger partial charge in [-0.1, -0.05) is 15.9 Å². The molecule has 25 heavy (non-hydrogen) atoms. The van der Waals surface area contributed by atoms with Gasteiger partial charge in [0.15, 0.2) is 0 Å². The van der Waals surface area contributed by atoms with Gasteiger partial charge in [-0.2, -0.15) is 5.26 Å². The summed E-state index contributed by atoms with van der Waals surface area (Å²) in [5.74, 6) is 0.160. The summed E-state index contributed by atoms with van der Waals surface area (Å²) in [6.45, 7) is 0. The zero-order valence-corrected chi connectivity index (χ0v) is 14.5. The number of anilines is 3. The summed E-state index contributed by atoms with van der Waals surface area (Å²) in [5.41, 5.74) is 2.20. The third kappa shape index (κ3) is 4.40. The molecule has 1 amide bonds. The zero-order valence-electron chi connectivity index (χ0n) is 12.9. The molecule has 0 saturated carbocycles. The smallest absolute Gasteiger partial charge is 0.274 e. The number of benzene rings is 2. The van der Waals surface area contributed by atoms with Crippen LogP contribution >= 0.6 is 15.9 Å². The number of carbonyl (C=O) groups excluding carboxylic acids is 1. The Morgan fingerprint density at radius 1 is 1.00 bits per heavy atom. The molecular formula is C18H12BrN5O. The maximum atomic E-state index is 12.3. The molecule has 1 heterocycles. The Kier molecular flexibility index (Phi) is 5.02.